The van der Waals surface area contributed by atoms with Crippen molar-refractivity contribution in [3.8, 4) is 0 Å². The number of nitrogens with two attached hydrogens (primary N) is 1. The van der Waals surface area contributed by atoms with Crippen molar-refractivity contribution in [2.24, 2.45) is 11.1 Å². The van der Waals surface area contributed by atoms with E-state index < -0.39 is 23.2 Å². The lowest BCUT2D eigenvalue weighted by Gasteiger charge is -2.43. The highest BCUT2D eigenvalue weighted by Crippen LogP contribution is 2.40. The second kappa shape index (κ2) is 4.25. The largest absolute Gasteiger partial charge is 0.458 e. The maximum Gasteiger partial charge on any atom is 0.340 e. The zero-order valence-corrected chi connectivity index (χ0v) is 11.5. The fourth-order valence-corrected chi connectivity index (χ4v) is 2.20. The minimum Gasteiger partial charge on any atom is -0.458 e. The summed E-state index contributed by atoms with van der Waals surface area (Å²) in [6, 6.07) is -0.555. The van der Waals surface area contributed by atoms with Crippen LogP contribution in [0.2, 0.25) is 0 Å². The van der Waals surface area contributed by atoms with Crippen molar-refractivity contribution >= 4 is 5.97 Å². The smallest absolute Gasteiger partial charge is 0.340 e. The van der Waals surface area contributed by atoms with Gasteiger partial charge in [0, 0.05) is 6.04 Å². The molecule has 1 aliphatic rings. The maximum atomic E-state index is 12.0. The molecule has 1 aliphatic carbocycles. The van der Waals surface area contributed by atoms with Crippen LogP contribution in [0.25, 0.3) is 0 Å². The quantitative estimate of drug-likeness (QED) is 0.686. The molecule has 1 fully saturated rings. The summed E-state index contributed by atoms with van der Waals surface area (Å²) >= 11 is 0. The molecule has 100 valence electrons. The SMILES string of the molecule is CC1(C)CCC(O)(C(=O)OC(C)(C)C)C(N)C1. The summed E-state index contributed by atoms with van der Waals surface area (Å²) in [6.07, 6.45) is 1.77. The maximum absolute atomic E-state index is 12.0. The molecule has 17 heavy (non-hydrogen) atoms. The number of rotatable bonds is 1. The van der Waals surface area contributed by atoms with Crippen LogP contribution < -0.4 is 5.73 Å². The van der Waals surface area contributed by atoms with Gasteiger partial charge in [-0.15, -0.1) is 0 Å². The summed E-state index contributed by atoms with van der Waals surface area (Å²) in [5.74, 6) is -0.590. The van der Waals surface area contributed by atoms with Gasteiger partial charge in [-0.3, -0.25) is 0 Å². The van der Waals surface area contributed by atoms with Crippen molar-refractivity contribution in [3.05, 3.63) is 0 Å². The van der Waals surface area contributed by atoms with Crippen molar-refractivity contribution in [3.63, 3.8) is 0 Å². The minimum atomic E-state index is -1.52. The number of aliphatic hydroxyl groups is 1. The molecule has 0 aromatic heterocycles. The summed E-state index contributed by atoms with van der Waals surface area (Å²) in [5.41, 5.74) is 3.91. The Bertz CT molecular complexity index is 306. The fourth-order valence-electron chi connectivity index (χ4n) is 2.20. The molecule has 0 amide bonds. The van der Waals surface area contributed by atoms with Crippen LogP contribution in [0.15, 0.2) is 0 Å². The number of esters is 1. The Morgan fingerprint density at radius 2 is 1.88 bits per heavy atom. The van der Waals surface area contributed by atoms with E-state index in [9.17, 15) is 9.90 Å². The Morgan fingerprint density at radius 1 is 1.35 bits per heavy atom. The highest BCUT2D eigenvalue weighted by atomic mass is 16.6. The summed E-state index contributed by atoms with van der Waals surface area (Å²) in [7, 11) is 0. The first-order chi connectivity index (χ1) is 7.46. The summed E-state index contributed by atoms with van der Waals surface area (Å²) in [4.78, 5) is 12.0. The molecule has 0 radical (unpaired) electrons. The van der Waals surface area contributed by atoms with Gasteiger partial charge in [-0.25, -0.2) is 4.79 Å². The minimum absolute atomic E-state index is 0.0770. The predicted octanol–water partition coefficient (Wildman–Crippen LogP) is 1.60. The van der Waals surface area contributed by atoms with E-state index >= 15 is 0 Å². The summed E-state index contributed by atoms with van der Waals surface area (Å²) < 4.78 is 5.25. The van der Waals surface area contributed by atoms with Gasteiger partial charge in [0.2, 0.25) is 0 Å². The molecule has 0 saturated heterocycles. The highest BCUT2D eigenvalue weighted by Gasteiger charge is 2.50. The van der Waals surface area contributed by atoms with Crippen molar-refractivity contribution < 1.29 is 14.6 Å². The number of carbonyl (C=O) groups is 1. The van der Waals surface area contributed by atoms with E-state index in [0.717, 1.165) is 6.42 Å². The zero-order chi connectivity index (χ0) is 13.5. The second-order valence-electron chi connectivity index (χ2n) is 6.90. The van der Waals surface area contributed by atoms with Crippen LogP contribution in [-0.4, -0.2) is 28.3 Å². The van der Waals surface area contributed by atoms with Crippen LogP contribution in [0, 0.1) is 5.41 Å². The molecule has 2 atom stereocenters. The Morgan fingerprint density at radius 3 is 2.29 bits per heavy atom. The lowest BCUT2D eigenvalue weighted by Crippen LogP contribution is -2.60. The number of hydrogen-bond acceptors (Lipinski definition) is 4. The van der Waals surface area contributed by atoms with Gasteiger partial charge in [-0.1, -0.05) is 13.8 Å². The van der Waals surface area contributed by atoms with Gasteiger partial charge < -0.3 is 15.6 Å². The van der Waals surface area contributed by atoms with E-state index in [2.05, 4.69) is 13.8 Å². The molecule has 4 nitrogen and oxygen atoms in total. The molecular formula is C13H25NO3. The lowest BCUT2D eigenvalue weighted by atomic mass is 9.68. The van der Waals surface area contributed by atoms with Crippen LogP contribution >= 0.6 is 0 Å². The predicted molar refractivity (Wildman–Crippen MR) is 66.4 cm³/mol. The molecule has 0 aromatic carbocycles. The number of hydrogen-bond donors (Lipinski definition) is 2. The first-order valence-electron chi connectivity index (χ1n) is 6.18. The van der Waals surface area contributed by atoms with Gasteiger partial charge >= 0.3 is 5.97 Å². The summed E-state index contributed by atoms with van der Waals surface area (Å²) in [5, 5.41) is 10.4. The highest BCUT2D eigenvalue weighted by molar-refractivity contribution is 5.80. The van der Waals surface area contributed by atoms with E-state index in [1.807, 2.05) is 0 Å². The monoisotopic (exact) mass is 243 g/mol. The van der Waals surface area contributed by atoms with Crippen LogP contribution in [0.4, 0.5) is 0 Å². The normalized spacial score (nSPS) is 33.2. The van der Waals surface area contributed by atoms with Crippen molar-refractivity contribution in [2.45, 2.75) is 71.1 Å². The van der Waals surface area contributed by atoms with Gasteiger partial charge in [0.1, 0.15) is 5.60 Å². The Kier molecular flexibility index (Phi) is 3.61. The molecule has 4 heteroatoms. The Labute approximate surface area is 104 Å². The Balaban J connectivity index is 2.79. The molecule has 3 N–H and O–H groups in total. The van der Waals surface area contributed by atoms with Gasteiger partial charge in [0.15, 0.2) is 5.60 Å². The van der Waals surface area contributed by atoms with E-state index in [1.54, 1.807) is 20.8 Å². The van der Waals surface area contributed by atoms with Crippen molar-refractivity contribution in [1.29, 1.82) is 0 Å². The average molecular weight is 243 g/mol. The molecule has 0 aromatic rings. The third kappa shape index (κ3) is 3.42. The van der Waals surface area contributed by atoms with Crippen LogP contribution in [0.5, 0.6) is 0 Å². The average Bonchev–Trinajstić information content (AvgIpc) is 2.08. The molecule has 1 rings (SSSR count). The zero-order valence-electron chi connectivity index (χ0n) is 11.5. The number of ether oxygens (including phenoxy) is 1. The first-order valence-corrected chi connectivity index (χ1v) is 6.18. The van der Waals surface area contributed by atoms with Gasteiger partial charge in [0.25, 0.3) is 0 Å². The number of carbonyl (C=O) groups excluding carboxylic acids is 1. The standard InChI is InChI=1S/C13H25NO3/c1-11(2,3)17-10(15)13(16)7-6-12(4,5)8-9(13)14/h9,16H,6-8,14H2,1-5H3. The molecular weight excluding hydrogens is 218 g/mol. The Hall–Kier alpha value is -0.610. The van der Waals surface area contributed by atoms with Gasteiger partial charge in [-0.05, 0) is 45.4 Å². The topological polar surface area (TPSA) is 72.5 Å². The molecule has 0 aliphatic heterocycles. The van der Waals surface area contributed by atoms with Crippen molar-refractivity contribution in [2.75, 3.05) is 0 Å². The van der Waals surface area contributed by atoms with Crippen LogP contribution in [-0.2, 0) is 9.53 Å². The summed E-state index contributed by atoms with van der Waals surface area (Å²) in [6.45, 7) is 9.55. The molecule has 0 heterocycles. The van der Waals surface area contributed by atoms with Crippen LogP contribution in [0.1, 0.15) is 53.9 Å². The third-order valence-corrected chi connectivity index (χ3v) is 3.32. The molecule has 0 bridgehead atoms. The molecule has 1 saturated carbocycles. The molecule has 0 spiro atoms. The first kappa shape index (κ1) is 14.5. The van der Waals surface area contributed by atoms with E-state index in [1.165, 1.54) is 0 Å². The van der Waals surface area contributed by atoms with E-state index in [4.69, 9.17) is 10.5 Å². The van der Waals surface area contributed by atoms with Crippen LogP contribution in [0.3, 0.4) is 0 Å². The van der Waals surface area contributed by atoms with Crippen molar-refractivity contribution in [1.82, 2.24) is 0 Å². The fraction of sp³-hybridized carbons (Fsp3) is 0.923. The van der Waals surface area contributed by atoms with Gasteiger partial charge in [0.05, 0.1) is 0 Å². The third-order valence-electron chi connectivity index (χ3n) is 3.32. The lowest BCUT2D eigenvalue weighted by molar-refractivity contribution is -0.184. The van der Waals surface area contributed by atoms with Gasteiger partial charge in [-0.2, -0.15) is 0 Å². The molecule has 2 unspecified atom stereocenters. The van der Waals surface area contributed by atoms with E-state index in [0.29, 0.717) is 12.8 Å². The van der Waals surface area contributed by atoms with E-state index in [-0.39, 0.29) is 5.41 Å². The second-order valence-corrected chi connectivity index (χ2v) is 6.90.